The molecule has 25 heavy (non-hydrogen) atoms. The number of aliphatic hydroxyl groups excluding tert-OH is 4. The number of esters is 1. The van der Waals surface area contributed by atoms with Gasteiger partial charge in [-0.1, -0.05) is 6.58 Å². The van der Waals surface area contributed by atoms with Gasteiger partial charge < -0.3 is 45.6 Å². The summed E-state index contributed by atoms with van der Waals surface area (Å²) >= 11 is 0. The first-order chi connectivity index (χ1) is 11.5. The van der Waals surface area contributed by atoms with Crippen LogP contribution in [-0.2, 0) is 9.53 Å². The standard InChI is InChI=1S/C14H16O11/c1-4(15)12(10(20)9(19)11(21)13(22)23)25-14(24)5-2-6(16)8(18)7(17)3-5/h2-3,9-12,15-21H,1H2,(H,22,23)/t9-,10+,11+,12+/m1/s1. The number of carbonyl (C=O) groups is 2. The molecule has 0 radical (unpaired) electrons. The fourth-order valence-electron chi connectivity index (χ4n) is 1.75. The van der Waals surface area contributed by atoms with Crippen LogP contribution in [0, 0.1) is 0 Å². The van der Waals surface area contributed by atoms with Crippen LogP contribution >= 0.6 is 0 Å². The SMILES string of the molecule is C=C(O)[C@H](OC(=O)c1cc(O)c(O)c(O)c1)[C@@H](O)[C@@H](O)[C@H](O)C(=O)O. The van der Waals surface area contributed by atoms with Crippen LogP contribution in [-0.4, -0.2) is 77.2 Å². The van der Waals surface area contributed by atoms with E-state index in [0.717, 1.165) is 0 Å². The molecule has 0 aliphatic rings. The number of hydrogen-bond donors (Lipinski definition) is 8. The smallest absolute Gasteiger partial charge is 0.339 e. The van der Waals surface area contributed by atoms with Crippen molar-refractivity contribution in [3.8, 4) is 17.2 Å². The highest BCUT2D eigenvalue weighted by atomic mass is 16.6. The molecule has 1 rings (SSSR count). The Bertz CT molecular complexity index is 660. The third-order valence-electron chi connectivity index (χ3n) is 3.10. The van der Waals surface area contributed by atoms with Crippen LogP contribution in [0.2, 0.25) is 0 Å². The van der Waals surface area contributed by atoms with Crippen LogP contribution in [0.3, 0.4) is 0 Å². The maximum absolute atomic E-state index is 12.0. The third-order valence-corrected chi connectivity index (χ3v) is 3.10. The zero-order valence-electron chi connectivity index (χ0n) is 12.5. The van der Waals surface area contributed by atoms with E-state index in [1.807, 2.05) is 0 Å². The molecule has 11 heteroatoms. The van der Waals surface area contributed by atoms with Crippen molar-refractivity contribution in [2.45, 2.75) is 24.4 Å². The lowest BCUT2D eigenvalue weighted by Gasteiger charge is -2.27. The van der Waals surface area contributed by atoms with Crippen LogP contribution in [0.25, 0.3) is 0 Å². The number of rotatable bonds is 7. The van der Waals surface area contributed by atoms with E-state index in [4.69, 9.17) is 5.11 Å². The van der Waals surface area contributed by atoms with E-state index in [1.54, 1.807) is 0 Å². The molecule has 4 atom stereocenters. The molecule has 11 nitrogen and oxygen atoms in total. The number of hydrogen-bond acceptors (Lipinski definition) is 10. The van der Waals surface area contributed by atoms with E-state index < -0.39 is 64.9 Å². The Morgan fingerprint density at radius 2 is 1.44 bits per heavy atom. The molecule has 0 saturated heterocycles. The quantitative estimate of drug-likeness (QED) is 0.161. The second-order valence-electron chi connectivity index (χ2n) is 4.94. The number of carboxylic acids is 1. The Kier molecular flexibility index (Phi) is 6.17. The van der Waals surface area contributed by atoms with Crippen molar-refractivity contribution in [3.63, 3.8) is 0 Å². The molecule has 0 heterocycles. The Hall–Kier alpha value is -3.02. The van der Waals surface area contributed by atoms with Gasteiger partial charge in [0.1, 0.15) is 18.0 Å². The summed E-state index contributed by atoms with van der Waals surface area (Å²) in [5.41, 5.74) is -0.514. The zero-order valence-corrected chi connectivity index (χ0v) is 12.5. The molecule has 0 fully saturated rings. The number of benzene rings is 1. The lowest BCUT2D eigenvalue weighted by atomic mass is 10.0. The van der Waals surface area contributed by atoms with Crippen LogP contribution in [0.5, 0.6) is 17.2 Å². The average Bonchev–Trinajstić information content (AvgIpc) is 2.54. The van der Waals surface area contributed by atoms with Crippen molar-refractivity contribution in [3.05, 3.63) is 30.0 Å². The second kappa shape index (κ2) is 7.70. The monoisotopic (exact) mass is 360 g/mol. The number of carbonyl (C=O) groups excluding carboxylic acids is 1. The summed E-state index contributed by atoms with van der Waals surface area (Å²) < 4.78 is 4.65. The first-order valence-electron chi connectivity index (χ1n) is 6.58. The number of phenols is 3. The summed E-state index contributed by atoms with van der Waals surface area (Å²) in [6, 6.07) is 1.40. The number of carboxylic acid groups (broad SMARTS) is 1. The topological polar surface area (TPSA) is 205 Å². The molecule has 0 aromatic heterocycles. The number of aliphatic hydroxyl groups is 4. The van der Waals surface area contributed by atoms with Gasteiger partial charge in [-0.3, -0.25) is 0 Å². The van der Waals surface area contributed by atoms with E-state index in [0.29, 0.717) is 12.1 Å². The Morgan fingerprint density at radius 1 is 0.960 bits per heavy atom. The molecular formula is C14H16O11. The Labute approximate surface area is 139 Å². The summed E-state index contributed by atoms with van der Waals surface area (Å²) in [6.07, 6.45) is -9.11. The van der Waals surface area contributed by atoms with Crippen LogP contribution in [0.4, 0.5) is 0 Å². The number of phenolic OH excluding ortho intramolecular Hbond substituents is 3. The van der Waals surface area contributed by atoms with Crippen molar-refractivity contribution < 1.29 is 55.2 Å². The first-order valence-corrected chi connectivity index (χ1v) is 6.58. The van der Waals surface area contributed by atoms with Gasteiger partial charge >= 0.3 is 11.9 Å². The lowest BCUT2D eigenvalue weighted by Crippen LogP contribution is -2.49. The van der Waals surface area contributed by atoms with Gasteiger partial charge in [-0.2, -0.15) is 0 Å². The minimum Gasteiger partial charge on any atom is -0.509 e. The highest BCUT2D eigenvalue weighted by molar-refractivity contribution is 5.91. The molecule has 0 bridgehead atoms. The predicted octanol–water partition coefficient (Wildman–Crippen LogP) is -1.43. The molecule has 0 unspecified atom stereocenters. The lowest BCUT2D eigenvalue weighted by molar-refractivity contribution is -0.162. The number of aliphatic carboxylic acids is 1. The highest BCUT2D eigenvalue weighted by Gasteiger charge is 2.38. The van der Waals surface area contributed by atoms with Crippen LogP contribution in [0.15, 0.2) is 24.5 Å². The van der Waals surface area contributed by atoms with Gasteiger partial charge in [0.25, 0.3) is 0 Å². The molecule has 0 amide bonds. The van der Waals surface area contributed by atoms with Crippen LogP contribution in [0.1, 0.15) is 10.4 Å². The molecule has 0 saturated carbocycles. The molecule has 8 N–H and O–H groups in total. The van der Waals surface area contributed by atoms with Crippen molar-refractivity contribution >= 4 is 11.9 Å². The van der Waals surface area contributed by atoms with E-state index in [2.05, 4.69) is 11.3 Å². The summed E-state index contributed by atoms with van der Waals surface area (Å²) in [7, 11) is 0. The maximum atomic E-state index is 12.0. The van der Waals surface area contributed by atoms with Crippen molar-refractivity contribution in [1.29, 1.82) is 0 Å². The fourth-order valence-corrected chi connectivity index (χ4v) is 1.75. The van der Waals surface area contributed by atoms with E-state index in [1.165, 1.54) is 0 Å². The number of ether oxygens (including phenoxy) is 1. The maximum Gasteiger partial charge on any atom is 0.339 e. The second-order valence-corrected chi connectivity index (χ2v) is 4.94. The molecule has 1 aromatic rings. The Morgan fingerprint density at radius 3 is 1.84 bits per heavy atom. The van der Waals surface area contributed by atoms with Gasteiger partial charge in [-0.15, -0.1) is 0 Å². The molecule has 0 spiro atoms. The van der Waals surface area contributed by atoms with Crippen molar-refractivity contribution in [2.75, 3.05) is 0 Å². The van der Waals surface area contributed by atoms with E-state index in [-0.39, 0.29) is 0 Å². The summed E-state index contributed by atoms with van der Waals surface area (Å²) in [5, 5.41) is 74.4. The molecule has 0 aliphatic carbocycles. The van der Waals surface area contributed by atoms with Gasteiger partial charge in [0.05, 0.1) is 5.56 Å². The molecule has 138 valence electrons. The largest absolute Gasteiger partial charge is 0.509 e. The first kappa shape index (κ1) is 20.0. The Balaban J connectivity index is 3.04. The van der Waals surface area contributed by atoms with Gasteiger partial charge in [0, 0.05) is 0 Å². The minimum atomic E-state index is -2.45. The van der Waals surface area contributed by atoms with Crippen molar-refractivity contribution in [1.82, 2.24) is 0 Å². The minimum absolute atomic E-state index is 0.514. The molecule has 0 aliphatic heterocycles. The fraction of sp³-hybridized carbons (Fsp3) is 0.286. The van der Waals surface area contributed by atoms with E-state index in [9.17, 15) is 45.3 Å². The van der Waals surface area contributed by atoms with Crippen molar-refractivity contribution in [2.24, 2.45) is 0 Å². The van der Waals surface area contributed by atoms with Gasteiger partial charge in [0.15, 0.2) is 29.5 Å². The normalized spacial score (nSPS) is 15.6. The summed E-state index contributed by atoms with van der Waals surface area (Å²) in [5.74, 6) is -6.85. The molecular weight excluding hydrogens is 344 g/mol. The molecule has 1 aromatic carbocycles. The van der Waals surface area contributed by atoms with Gasteiger partial charge in [-0.05, 0) is 12.1 Å². The van der Waals surface area contributed by atoms with Gasteiger partial charge in [0.2, 0.25) is 0 Å². The van der Waals surface area contributed by atoms with Gasteiger partial charge in [-0.25, -0.2) is 9.59 Å². The summed E-state index contributed by atoms with van der Waals surface area (Å²) in [6.45, 7) is 3.00. The van der Waals surface area contributed by atoms with Crippen LogP contribution < -0.4 is 0 Å². The predicted molar refractivity (Wildman–Crippen MR) is 78.1 cm³/mol. The number of aromatic hydroxyl groups is 3. The zero-order chi connectivity index (χ0) is 19.5. The highest BCUT2D eigenvalue weighted by Crippen LogP contribution is 2.35. The summed E-state index contributed by atoms with van der Waals surface area (Å²) in [4.78, 5) is 22.6. The average molecular weight is 360 g/mol. The van der Waals surface area contributed by atoms with E-state index >= 15 is 0 Å². The third kappa shape index (κ3) is 4.50.